The molecule has 4 aromatic rings. The van der Waals surface area contributed by atoms with Gasteiger partial charge < -0.3 is 30.8 Å². The number of nitrogens with zero attached hydrogens (tertiary/aromatic N) is 6. The normalized spacial score (nSPS) is 11.5. The zero-order valence-corrected chi connectivity index (χ0v) is 28.7. The van der Waals surface area contributed by atoms with Gasteiger partial charge in [0, 0.05) is 11.4 Å². The molecule has 44 heavy (non-hydrogen) atoms. The van der Waals surface area contributed by atoms with Crippen LogP contribution in [0.5, 0.6) is 18.0 Å². The van der Waals surface area contributed by atoms with Crippen LogP contribution in [-0.2, 0) is 20.2 Å². The molecule has 228 valence electrons. The summed E-state index contributed by atoms with van der Waals surface area (Å²) in [5.41, 5.74) is 0.131. The second kappa shape index (κ2) is 14.8. The summed E-state index contributed by atoms with van der Waals surface area (Å²) >= 11 is 5.83. The number of nitrogens with one attached hydrogen (secondary N) is 2. The first-order valence-electron chi connectivity index (χ1n) is 11.5. The van der Waals surface area contributed by atoms with Gasteiger partial charge in [-0.1, -0.05) is 24.3 Å². The summed E-state index contributed by atoms with van der Waals surface area (Å²) in [5, 5.41) is 5.26. The van der Waals surface area contributed by atoms with Gasteiger partial charge in [-0.2, -0.15) is 33.3 Å². The van der Waals surface area contributed by atoms with Gasteiger partial charge in [0.1, 0.15) is 15.0 Å². The molecule has 21 heteroatoms. The van der Waals surface area contributed by atoms with Crippen LogP contribution in [0.4, 0.5) is 23.3 Å². The maximum Gasteiger partial charge on any atom is 1.00 e. The number of hydrogen-bond acceptors (Lipinski definition) is 16. The maximum atomic E-state index is 12.2. The van der Waals surface area contributed by atoms with Crippen LogP contribution in [0.3, 0.4) is 0 Å². The molecular weight excluding hydrogens is 671 g/mol. The topological polar surface area (TPSA) is 241 Å². The number of ether oxygens (including phenoxy) is 3. The Labute approximate surface area is 301 Å². The van der Waals surface area contributed by atoms with Gasteiger partial charge in [0.15, 0.2) is 0 Å². The third-order valence-corrected chi connectivity index (χ3v) is 7.23. The molecule has 0 amide bonds. The van der Waals surface area contributed by atoms with Crippen LogP contribution in [0.1, 0.15) is 14.0 Å². The van der Waals surface area contributed by atoms with Crippen LogP contribution in [0.2, 0.25) is 5.28 Å². The molecule has 0 aliphatic carbocycles. The summed E-state index contributed by atoms with van der Waals surface area (Å²) in [6.07, 6.45) is 2.39. The van der Waals surface area contributed by atoms with E-state index in [4.69, 9.17) is 25.8 Å². The molecule has 0 spiro atoms. The summed E-state index contributed by atoms with van der Waals surface area (Å²) in [6, 6.07) is 7.29. The van der Waals surface area contributed by atoms with E-state index in [-0.39, 0.29) is 112 Å². The number of methoxy groups -OCH3 is 3. The van der Waals surface area contributed by atoms with Gasteiger partial charge in [-0.3, -0.25) is 4.55 Å². The van der Waals surface area contributed by atoms with Crippen LogP contribution < -0.4 is 76.2 Å². The smallest absolute Gasteiger partial charge is 1.00 e. The molecular formula is C23H22ClKN8O9S2. The fraction of sp³-hybridized carbons (Fsp3) is 0.130. The number of hydrogen-bond donors (Lipinski definition) is 3. The Hall–Kier alpha value is -3.05. The minimum absolute atomic E-state index is 0. The molecule has 0 unspecified atom stereocenters. The molecule has 0 aliphatic heterocycles. The van der Waals surface area contributed by atoms with Crippen molar-refractivity contribution in [2.24, 2.45) is 0 Å². The van der Waals surface area contributed by atoms with E-state index in [9.17, 15) is 25.9 Å². The van der Waals surface area contributed by atoms with Gasteiger partial charge >= 0.3 is 70.8 Å². The molecule has 2 aromatic heterocycles. The standard InChI is InChI=1S/C23H21ClN8O9S2.K.H/c1-39-21-28-18(24)27-19(29-21)25-14-8-6-12(16(10-14)42(33,34)35)4-5-13-7-9-15(11-17(13)43(36,37)38)26-20-30-22(40-2)32-23(31-20)41-3;;/h4-11H,1-3H3,(H,33,34,35)(H,36,37,38)(H,25,27,28,29)(H,26,30,31,32);;/q;+1;-1. The number of rotatable bonds is 11. The monoisotopic (exact) mass is 692 g/mol. The Morgan fingerprint density at radius 1 is 0.773 bits per heavy atom. The van der Waals surface area contributed by atoms with E-state index in [1.165, 1.54) is 57.7 Å². The predicted molar refractivity (Wildman–Crippen MR) is 153 cm³/mol. The van der Waals surface area contributed by atoms with Crippen LogP contribution >= 0.6 is 11.6 Å². The Morgan fingerprint density at radius 3 is 1.66 bits per heavy atom. The predicted octanol–water partition coefficient (Wildman–Crippen LogP) is -0.227. The van der Waals surface area contributed by atoms with E-state index < -0.39 is 30.0 Å². The molecule has 0 saturated heterocycles. The van der Waals surface area contributed by atoms with Crippen molar-refractivity contribution in [3.63, 3.8) is 0 Å². The van der Waals surface area contributed by atoms with E-state index in [1.807, 2.05) is 0 Å². The number of benzene rings is 2. The Bertz CT molecular complexity index is 1920. The molecule has 2 heterocycles. The molecule has 3 N–H and O–H groups in total. The van der Waals surface area contributed by atoms with Crippen molar-refractivity contribution in [1.29, 1.82) is 0 Å². The Morgan fingerprint density at radius 2 is 1.20 bits per heavy atom. The minimum Gasteiger partial charge on any atom is -1.00 e. The van der Waals surface area contributed by atoms with E-state index in [0.29, 0.717) is 0 Å². The van der Waals surface area contributed by atoms with Crippen molar-refractivity contribution < 1.29 is 94.4 Å². The van der Waals surface area contributed by atoms with E-state index in [0.717, 1.165) is 12.1 Å². The molecule has 0 aliphatic rings. The van der Waals surface area contributed by atoms with E-state index in [1.54, 1.807) is 0 Å². The second-order valence-electron chi connectivity index (χ2n) is 8.06. The van der Waals surface area contributed by atoms with Crippen molar-refractivity contribution in [1.82, 2.24) is 29.9 Å². The van der Waals surface area contributed by atoms with E-state index >= 15 is 0 Å². The van der Waals surface area contributed by atoms with Gasteiger partial charge in [0.25, 0.3) is 10.1 Å². The average molecular weight is 693 g/mol. The van der Waals surface area contributed by atoms with Crippen LogP contribution in [0.25, 0.3) is 12.2 Å². The second-order valence-corrected chi connectivity index (χ2v) is 11.1. The van der Waals surface area contributed by atoms with E-state index in [2.05, 4.69) is 40.5 Å². The molecule has 4 rings (SSSR count). The Balaban J connectivity index is 0.00000353. The summed E-state index contributed by atoms with van der Waals surface area (Å²) in [7, 11) is -5.87. The molecule has 0 saturated carbocycles. The third kappa shape index (κ3) is 9.23. The fourth-order valence-corrected chi connectivity index (χ4v) is 4.99. The summed E-state index contributed by atoms with van der Waals surface area (Å²) < 4.78 is 85.4. The van der Waals surface area contributed by atoms with Crippen molar-refractivity contribution in [2.75, 3.05) is 32.0 Å². The summed E-state index contributed by atoms with van der Waals surface area (Å²) in [6.45, 7) is 0. The first-order chi connectivity index (χ1) is 20.3. The number of halogens is 1. The molecule has 0 atom stereocenters. The zero-order chi connectivity index (χ0) is 31.4. The first-order valence-corrected chi connectivity index (χ1v) is 14.7. The van der Waals surface area contributed by atoms with Crippen molar-refractivity contribution in [3.8, 4) is 18.0 Å². The maximum absolute atomic E-state index is 12.2. The quantitative estimate of drug-likeness (QED) is 0.104. The van der Waals surface area contributed by atoms with Gasteiger partial charge in [0.05, 0.1) is 26.2 Å². The van der Waals surface area contributed by atoms with Crippen LogP contribution in [0, 0.1) is 0 Å². The first kappa shape index (κ1) is 35.4. The third-order valence-electron chi connectivity index (χ3n) is 5.26. The van der Waals surface area contributed by atoms with Gasteiger partial charge in [-0.05, 0) is 47.0 Å². The van der Waals surface area contributed by atoms with Gasteiger partial charge in [0.2, 0.25) is 17.2 Å². The van der Waals surface area contributed by atoms with Crippen molar-refractivity contribution in [3.05, 3.63) is 52.8 Å². The summed E-state index contributed by atoms with van der Waals surface area (Å²) in [5.74, 6) is -0.139. The molecule has 17 nitrogen and oxygen atoms in total. The molecule has 2 aromatic carbocycles. The molecule has 0 fully saturated rings. The SMILES string of the molecule is COc1nc(Cl)nc(Nc2ccc(C=Cc3ccc(Nc4nc(OC)nc(OC)n4)cc3S(=O)(=O)[O-])c(S(=O)(=O)O)c2)n1.[H+].[H-].[K+]. The van der Waals surface area contributed by atoms with Crippen LogP contribution in [-0.4, -0.2) is 77.2 Å². The van der Waals surface area contributed by atoms with Crippen molar-refractivity contribution in [2.45, 2.75) is 9.79 Å². The number of anilines is 4. The average Bonchev–Trinajstić information content (AvgIpc) is 2.95. The summed E-state index contributed by atoms with van der Waals surface area (Å²) in [4.78, 5) is 22.1. The van der Waals surface area contributed by atoms with Gasteiger partial charge in [-0.25, -0.2) is 8.42 Å². The van der Waals surface area contributed by atoms with Crippen LogP contribution in [0.15, 0.2) is 46.2 Å². The minimum atomic E-state index is -5.03. The van der Waals surface area contributed by atoms with Crippen molar-refractivity contribution >= 4 is 67.3 Å². The largest absolute Gasteiger partial charge is 1.00 e. The molecule has 0 bridgehead atoms. The molecule has 0 radical (unpaired) electrons. The fourth-order valence-electron chi connectivity index (χ4n) is 3.43. The zero-order valence-electron chi connectivity index (χ0n) is 25.2. The number of aromatic nitrogens is 6. The Kier molecular flexibility index (Phi) is 11.9. The van der Waals surface area contributed by atoms with Gasteiger partial charge in [-0.15, -0.1) is 4.98 Å².